The number of likely N-dealkylation sites (N-methyl/N-ethyl adjacent to an activating group) is 1. The number of hydrogen-bond donors (Lipinski definition) is 1. The van der Waals surface area contributed by atoms with E-state index in [-0.39, 0.29) is 18.0 Å². The lowest BCUT2D eigenvalue weighted by Crippen LogP contribution is -2.39. The number of thiocarbonyl (C=S) groups is 1. The van der Waals surface area contributed by atoms with Crippen LogP contribution < -0.4 is 5.32 Å². The van der Waals surface area contributed by atoms with Gasteiger partial charge in [0.1, 0.15) is 23.9 Å². The van der Waals surface area contributed by atoms with Crippen LogP contribution in [-0.2, 0) is 15.1 Å². The van der Waals surface area contributed by atoms with Crippen molar-refractivity contribution in [1.82, 2.24) is 15.2 Å². The van der Waals surface area contributed by atoms with E-state index < -0.39 is 5.60 Å². The van der Waals surface area contributed by atoms with E-state index in [0.29, 0.717) is 31.1 Å². The number of methoxy groups -OCH3 is 1. The molecular weight excluding hydrogens is 467 g/mol. The molecule has 1 aliphatic heterocycles. The fourth-order valence-electron chi connectivity index (χ4n) is 3.50. The van der Waals surface area contributed by atoms with Gasteiger partial charge in [0.25, 0.3) is 0 Å². The van der Waals surface area contributed by atoms with Crippen molar-refractivity contribution in [2.45, 2.75) is 18.1 Å². The average molecular weight is 493 g/mol. The Kier molecular flexibility index (Phi) is 8.74. The zero-order valence-electron chi connectivity index (χ0n) is 18.4. The number of carbonyl (C=O) groups excluding carboxylic acids is 1. The summed E-state index contributed by atoms with van der Waals surface area (Å²) in [4.78, 5) is 13.4. The molecule has 1 heterocycles. The first-order valence-corrected chi connectivity index (χ1v) is 11.2. The van der Waals surface area contributed by atoms with Gasteiger partial charge in [-0.1, -0.05) is 54.2 Å². The summed E-state index contributed by atoms with van der Waals surface area (Å²) in [5.74, 6) is -0.330. The molecule has 0 saturated carbocycles. The summed E-state index contributed by atoms with van der Waals surface area (Å²) in [6.45, 7) is 1.34. The van der Waals surface area contributed by atoms with E-state index in [4.69, 9.17) is 33.3 Å². The first-order chi connectivity index (χ1) is 15.9. The van der Waals surface area contributed by atoms with Gasteiger partial charge >= 0.3 is 6.03 Å². The van der Waals surface area contributed by atoms with Gasteiger partial charge in [-0.25, -0.2) is 14.1 Å². The highest BCUT2D eigenvalue weighted by Crippen LogP contribution is 2.58. The number of nitrogens with zero attached hydrogens (tertiary/aromatic N) is 3. The summed E-state index contributed by atoms with van der Waals surface area (Å²) in [7, 11) is 3.36. The summed E-state index contributed by atoms with van der Waals surface area (Å²) in [5.41, 5.74) is 2.09. The molecule has 1 saturated heterocycles. The molecule has 1 aliphatic rings. The van der Waals surface area contributed by atoms with E-state index in [2.05, 4.69) is 10.4 Å². The number of amides is 2. The molecule has 33 heavy (non-hydrogen) atoms. The number of urea groups is 1. The van der Waals surface area contributed by atoms with E-state index in [0.717, 1.165) is 11.1 Å². The van der Waals surface area contributed by atoms with Crippen molar-refractivity contribution in [2.24, 2.45) is 5.10 Å². The Hall–Kier alpha value is -2.59. The number of halogens is 2. The van der Waals surface area contributed by atoms with Gasteiger partial charge in [-0.3, -0.25) is 5.01 Å². The largest absolute Gasteiger partial charge is 0.385 e. The van der Waals surface area contributed by atoms with Crippen LogP contribution in [0.25, 0.3) is 0 Å². The zero-order chi connectivity index (χ0) is 23.8. The van der Waals surface area contributed by atoms with Crippen molar-refractivity contribution in [3.8, 4) is 0 Å². The molecule has 7 nitrogen and oxygen atoms in total. The monoisotopic (exact) mass is 492 g/mol. The predicted molar refractivity (Wildman–Crippen MR) is 130 cm³/mol. The van der Waals surface area contributed by atoms with Gasteiger partial charge in [-0.15, -0.1) is 0 Å². The summed E-state index contributed by atoms with van der Waals surface area (Å²) in [6, 6.07) is 13.2. The second-order valence-electron chi connectivity index (χ2n) is 7.55. The normalized spacial score (nSPS) is 19.3. The molecule has 0 aliphatic carbocycles. The Labute approximate surface area is 203 Å². The second kappa shape index (κ2) is 11.5. The Bertz CT molecular complexity index is 994. The Morgan fingerprint density at radius 3 is 2.73 bits per heavy atom. The van der Waals surface area contributed by atoms with Crippen LogP contribution in [0, 0.1) is 5.82 Å². The van der Waals surface area contributed by atoms with Gasteiger partial charge < -0.3 is 14.8 Å². The van der Waals surface area contributed by atoms with Crippen LogP contribution in [0.3, 0.4) is 0 Å². The number of nitrogens with one attached hydrogen (secondary N) is 1. The van der Waals surface area contributed by atoms with Crippen LogP contribution in [0.1, 0.15) is 23.7 Å². The minimum absolute atomic E-state index is 0.319. The summed E-state index contributed by atoms with van der Waals surface area (Å²) in [5, 5.41) is 9.32. The third-order valence-electron chi connectivity index (χ3n) is 5.20. The Morgan fingerprint density at radius 2 is 2.06 bits per heavy atom. The first-order valence-electron chi connectivity index (χ1n) is 10.3. The second-order valence-corrected chi connectivity index (χ2v) is 8.17. The molecule has 0 aromatic heterocycles. The van der Waals surface area contributed by atoms with E-state index >= 15 is 0 Å². The van der Waals surface area contributed by atoms with Gasteiger partial charge in [-0.2, -0.15) is 5.10 Å². The van der Waals surface area contributed by atoms with Crippen molar-refractivity contribution in [2.75, 3.05) is 33.9 Å². The van der Waals surface area contributed by atoms with Gasteiger partial charge in [0, 0.05) is 37.9 Å². The highest BCUT2D eigenvalue weighted by Gasteiger charge is 2.59. The van der Waals surface area contributed by atoms with Crippen LogP contribution in [-0.4, -0.2) is 61.6 Å². The molecule has 2 aromatic carbocycles. The number of epoxide rings is 1. The number of hydrazone groups is 1. The molecule has 10 heteroatoms. The number of hydrogen-bond acceptors (Lipinski definition) is 6. The lowest BCUT2D eigenvalue weighted by Gasteiger charge is -2.21. The maximum absolute atomic E-state index is 13.5. The van der Waals surface area contributed by atoms with Crippen molar-refractivity contribution in [3.05, 3.63) is 70.5 Å². The Morgan fingerprint density at radius 1 is 1.33 bits per heavy atom. The minimum Gasteiger partial charge on any atom is -0.385 e. The predicted octanol–water partition coefficient (Wildman–Crippen LogP) is 4.33. The molecule has 0 bridgehead atoms. The molecule has 2 aromatic rings. The van der Waals surface area contributed by atoms with E-state index in [1.807, 2.05) is 18.2 Å². The topological polar surface area (TPSA) is 69.7 Å². The van der Waals surface area contributed by atoms with Crippen LogP contribution in [0.15, 0.2) is 53.6 Å². The van der Waals surface area contributed by atoms with Gasteiger partial charge in [0.05, 0.1) is 12.0 Å². The average Bonchev–Trinajstić information content (AvgIpc) is 3.52. The van der Waals surface area contributed by atoms with Crippen molar-refractivity contribution in [3.63, 3.8) is 0 Å². The molecule has 1 N–H and O–H groups in total. The van der Waals surface area contributed by atoms with Crippen LogP contribution in [0.2, 0.25) is 5.02 Å². The molecular formula is C23H26ClFN4O3S. The minimum atomic E-state index is -0.768. The van der Waals surface area contributed by atoms with Gasteiger partial charge in [-0.05, 0) is 30.2 Å². The fourth-order valence-corrected chi connectivity index (χ4v) is 3.88. The molecule has 2 amide bonds. The molecule has 176 valence electrons. The summed E-state index contributed by atoms with van der Waals surface area (Å²) in [6.07, 6.45) is 1.70. The number of ether oxygens (including phenoxy) is 2. The van der Waals surface area contributed by atoms with Crippen LogP contribution in [0.4, 0.5) is 9.18 Å². The Balaban J connectivity index is 1.73. The highest BCUT2D eigenvalue weighted by atomic mass is 35.5. The van der Waals surface area contributed by atoms with Crippen molar-refractivity contribution >= 4 is 41.7 Å². The van der Waals surface area contributed by atoms with Crippen molar-refractivity contribution < 1.29 is 18.7 Å². The SMILES string of the molecule is COCCCNC(=O)N(C=S)/C=N\N(C)CC1(c2ccc(F)cc2)OC1c1ccccc1Cl. The molecule has 0 radical (unpaired) electrons. The summed E-state index contributed by atoms with van der Waals surface area (Å²) < 4.78 is 24.7. The van der Waals surface area contributed by atoms with Crippen LogP contribution >= 0.6 is 23.8 Å². The van der Waals surface area contributed by atoms with Gasteiger partial charge in [0.2, 0.25) is 0 Å². The molecule has 3 rings (SSSR count). The van der Waals surface area contributed by atoms with Gasteiger partial charge in [0.15, 0.2) is 0 Å². The zero-order valence-corrected chi connectivity index (χ0v) is 20.0. The number of benzene rings is 2. The third-order valence-corrected chi connectivity index (χ3v) is 5.77. The standard InChI is InChI=1S/C23H26ClFN4O3S/c1-28(27-15-29(16-33)22(30)26-12-5-13-31-2)14-23(17-8-10-18(25)11-9-17)21(32-23)19-6-3-4-7-20(19)24/h3-4,6-11,15-16,21H,5,12-14H2,1-2H3,(H,26,30)/b27-15-. The summed E-state index contributed by atoms with van der Waals surface area (Å²) >= 11 is 11.3. The lowest BCUT2D eigenvalue weighted by atomic mass is 9.91. The molecule has 0 spiro atoms. The first kappa shape index (κ1) is 25.0. The molecule has 1 fully saturated rings. The maximum Gasteiger partial charge on any atom is 0.327 e. The number of carbonyl (C=O) groups is 1. The quantitative estimate of drug-likeness (QED) is 0.126. The van der Waals surface area contributed by atoms with E-state index in [9.17, 15) is 9.18 Å². The van der Waals surface area contributed by atoms with E-state index in [1.54, 1.807) is 37.4 Å². The molecule has 2 atom stereocenters. The number of rotatable bonds is 11. The lowest BCUT2D eigenvalue weighted by molar-refractivity contribution is 0.193. The fraction of sp³-hybridized carbons (Fsp3) is 0.348. The third kappa shape index (κ3) is 6.26. The maximum atomic E-state index is 13.5. The smallest absolute Gasteiger partial charge is 0.327 e. The van der Waals surface area contributed by atoms with E-state index in [1.165, 1.54) is 28.9 Å². The molecule has 2 unspecified atom stereocenters. The van der Waals surface area contributed by atoms with Crippen LogP contribution in [0.5, 0.6) is 0 Å². The highest BCUT2D eigenvalue weighted by molar-refractivity contribution is 7.78. The van der Waals surface area contributed by atoms with Crippen molar-refractivity contribution in [1.29, 1.82) is 0 Å².